The summed E-state index contributed by atoms with van der Waals surface area (Å²) in [6, 6.07) is 7.23. The molecule has 46 heavy (non-hydrogen) atoms. The Labute approximate surface area is 268 Å². The van der Waals surface area contributed by atoms with E-state index in [1.54, 1.807) is 30.4 Å². The Kier molecular flexibility index (Phi) is 10.4. The van der Waals surface area contributed by atoms with E-state index in [2.05, 4.69) is 47.0 Å². The standard InChI is InChI=1S/C33H41N9O4/c1-5-29(43)42-15-7-9-28(42)31-38-20-27(40-31)22-10-12-23(13-11-22)30-36-16-24(17-37-30)26(34-3)19-35-18-25-8-6-14-41(25)32(44)21(2)39-33(45)46-4/h10-13,16-17,19-21,25,28,35H,3,5-9,14-15,18H2,1-2,4H3,(H,38,40)(H,39,45)/b26-19-/t21-,25-,28-/m0/s1. The van der Waals surface area contributed by atoms with Crippen molar-refractivity contribution in [1.29, 1.82) is 0 Å². The third kappa shape index (κ3) is 7.24. The van der Waals surface area contributed by atoms with Gasteiger partial charge in [-0.25, -0.2) is 19.7 Å². The fourth-order valence-corrected chi connectivity index (χ4v) is 6.01. The van der Waals surface area contributed by atoms with Gasteiger partial charge < -0.3 is 30.2 Å². The van der Waals surface area contributed by atoms with E-state index in [1.807, 2.05) is 42.3 Å². The van der Waals surface area contributed by atoms with E-state index in [9.17, 15) is 14.4 Å². The van der Waals surface area contributed by atoms with Crippen LogP contribution in [-0.4, -0.2) is 93.2 Å². The van der Waals surface area contributed by atoms with E-state index in [1.165, 1.54) is 7.11 Å². The second-order valence-corrected chi connectivity index (χ2v) is 11.4. The van der Waals surface area contributed by atoms with Crippen molar-refractivity contribution in [2.75, 3.05) is 26.7 Å². The Morgan fingerprint density at radius 1 is 1.07 bits per heavy atom. The van der Waals surface area contributed by atoms with Crippen LogP contribution < -0.4 is 10.6 Å². The molecular formula is C33H41N9O4. The predicted molar refractivity (Wildman–Crippen MR) is 174 cm³/mol. The molecule has 13 nitrogen and oxygen atoms in total. The summed E-state index contributed by atoms with van der Waals surface area (Å²) in [4.78, 5) is 61.7. The molecule has 0 bridgehead atoms. The van der Waals surface area contributed by atoms with Crippen LogP contribution >= 0.6 is 0 Å². The highest BCUT2D eigenvalue weighted by molar-refractivity contribution is 5.85. The van der Waals surface area contributed by atoms with Crippen molar-refractivity contribution < 1.29 is 19.1 Å². The number of carbonyl (C=O) groups is 3. The lowest BCUT2D eigenvalue weighted by molar-refractivity contribution is -0.133. The number of hydrogen-bond donors (Lipinski definition) is 3. The molecule has 4 heterocycles. The molecule has 0 radical (unpaired) electrons. The molecule has 2 aromatic heterocycles. The molecule has 13 heteroatoms. The zero-order chi connectivity index (χ0) is 32.6. The largest absolute Gasteiger partial charge is 0.453 e. The van der Waals surface area contributed by atoms with Crippen LogP contribution in [0.1, 0.15) is 63.4 Å². The number of benzene rings is 1. The van der Waals surface area contributed by atoms with Gasteiger partial charge in [-0.05, 0) is 44.9 Å². The zero-order valence-electron chi connectivity index (χ0n) is 26.5. The molecule has 0 saturated carbocycles. The Morgan fingerprint density at radius 2 is 1.76 bits per heavy atom. The topological polar surface area (TPSA) is 158 Å². The monoisotopic (exact) mass is 627 g/mol. The molecule has 2 aliphatic heterocycles. The first-order chi connectivity index (χ1) is 22.3. The van der Waals surface area contributed by atoms with Gasteiger partial charge in [-0.15, -0.1) is 0 Å². The Morgan fingerprint density at radius 3 is 2.46 bits per heavy atom. The van der Waals surface area contributed by atoms with E-state index in [-0.39, 0.29) is 23.9 Å². The number of carbonyl (C=O) groups excluding carboxylic acids is 3. The normalized spacial score (nSPS) is 18.7. The summed E-state index contributed by atoms with van der Waals surface area (Å²) < 4.78 is 4.61. The molecule has 1 aromatic carbocycles. The number of aromatic nitrogens is 4. The number of hydrogen-bond acceptors (Lipinski definition) is 9. The van der Waals surface area contributed by atoms with Crippen molar-refractivity contribution in [3.8, 4) is 22.6 Å². The maximum absolute atomic E-state index is 12.9. The molecule has 0 unspecified atom stereocenters. The number of amides is 3. The molecule has 2 saturated heterocycles. The molecule has 242 valence electrons. The summed E-state index contributed by atoms with van der Waals surface area (Å²) >= 11 is 0. The van der Waals surface area contributed by atoms with Gasteiger partial charge in [0.25, 0.3) is 0 Å². The Bertz CT molecular complexity index is 1570. The van der Waals surface area contributed by atoms with Gasteiger partial charge >= 0.3 is 6.09 Å². The molecule has 0 aliphatic carbocycles. The summed E-state index contributed by atoms with van der Waals surface area (Å²) in [5.41, 5.74) is 4.02. The van der Waals surface area contributed by atoms with Gasteiger partial charge in [0.05, 0.1) is 30.7 Å². The van der Waals surface area contributed by atoms with Crippen molar-refractivity contribution in [1.82, 2.24) is 40.4 Å². The quantitative estimate of drug-likeness (QED) is 0.270. The third-order valence-corrected chi connectivity index (χ3v) is 8.50. The maximum Gasteiger partial charge on any atom is 0.407 e. The van der Waals surface area contributed by atoms with Crippen molar-refractivity contribution >= 4 is 30.3 Å². The number of alkyl carbamates (subject to hydrolysis) is 1. The van der Waals surface area contributed by atoms with Crippen LogP contribution in [0.2, 0.25) is 0 Å². The van der Waals surface area contributed by atoms with E-state index in [0.29, 0.717) is 36.6 Å². The predicted octanol–water partition coefficient (Wildman–Crippen LogP) is 3.93. The van der Waals surface area contributed by atoms with Crippen LogP contribution in [0.15, 0.2) is 54.0 Å². The first kappa shape index (κ1) is 32.3. The SMILES string of the molecule is C=N/C(=C\NC[C@@H]1CCCN1C(=O)[C@H](C)NC(=O)OC)c1cnc(-c2ccc(-c3cnc([C@@H]4CCCN4C(=O)CC)[nH]3)cc2)nc1. The number of imidazole rings is 1. The number of nitrogens with zero attached hydrogens (tertiary/aromatic N) is 6. The lowest BCUT2D eigenvalue weighted by Crippen LogP contribution is -2.50. The molecule has 2 fully saturated rings. The van der Waals surface area contributed by atoms with Crippen molar-refractivity contribution in [2.24, 2.45) is 4.99 Å². The van der Waals surface area contributed by atoms with Crippen LogP contribution in [0.5, 0.6) is 0 Å². The summed E-state index contributed by atoms with van der Waals surface area (Å²) in [7, 11) is 1.27. The second kappa shape index (κ2) is 14.8. The lowest BCUT2D eigenvalue weighted by Gasteiger charge is -2.27. The number of likely N-dealkylation sites (tertiary alicyclic amines) is 2. The zero-order valence-corrected chi connectivity index (χ0v) is 26.5. The highest BCUT2D eigenvalue weighted by atomic mass is 16.5. The summed E-state index contributed by atoms with van der Waals surface area (Å²) in [6.07, 6.45) is 10.5. The molecular weight excluding hydrogens is 586 g/mol. The molecule has 0 spiro atoms. The molecule has 3 atom stereocenters. The van der Waals surface area contributed by atoms with Crippen molar-refractivity contribution in [2.45, 2.75) is 64.1 Å². The maximum atomic E-state index is 12.9. The van der Waals surface area contributed by atoms with E-state index >= 15 is 0 Å². The number of aliphatic imine (C=N–C) groups is 1. The minimum absolute atomic E-state index is 0.00106. The number of aromatic amines is 1. The van der Waals surface area contributed by atoms with Crippen LogP contribution in [-0.2, 0) is 14.3 Å². The van der Waals surface area contributed by atoms with Crippen LogP contribution in [0.4, 0.5) is 4.79 Å². The van der Waals surface area contributed by atoms with Gasteiger partial charge in [-0.1, -0.05) is 31.2 Å². The average Bonchev–Trinajstić information content (AvgIpc) is 3.87. The molecule has 5 rings (SSSR count). The number of H-pyrrole nitrogens is 1. The first-order valence-electron chi connectivity index (χ1n) is 15.7. The van der Waals surface area contributed by atoms with Crippen LogP contribution in [0.25, 0.3) is 28.3 Å². The first-order valence-corrected chi connectivity index (χ1v) is 15.7. The smallest absolute Gasteiger partial charge is 0.407 e. The third-order valence-electron chi connectivity index (χ3n) is 8.50. The Hall–Kier alpha value is -5.07. The summed E-state index contributed by atoms with van der Waals surface area (Å²) in [5, 5.41) is 5.80. The summed E-state index contributed by atoms with van der Waals surface area (Å²) in [6.45, 7) is 9.17. The van der Waals surface area contributed by atoms with Crippen LogP contribution in [0.3, 0.4) is 0 Å². The number of ether oxygens (including phenoxy) is 1. The Balaban J connectivity index is 1.19. The highest BCUT2D eigenvalue weighted by Crippen LogP contribution is 2.32. The highest BCUT2D eigenvalue weighted by Gasteiger charge is 2.32. The fraction of sp³-hybridized carbons (Fsp3) is 0.424. The van der Waals surface area contributed by atoms with Gasteiger partial charge in [0.15, 0.2) is 5.82 Å². The molecule has 3 N–H and O–H groups in total. The molecule has 3 amide bonds. The molecule has 3 aromatic rings. The average molecular weight is 628 g/mol. The van der Waals surface area contributed by atoms with E-state index in [4.69, 9.17) is 0 Å². The van der Waals surface area contributed by atoms with Gasteiger partial charge in [0.1, 0.15) is 11.9 Å². The van der Waals surface area contributed by atoms with Gasteiger partial charge in [0, 0.05) is 61.8 Å². The lowest BCUT2D eigenvalue weighted by atomic mass is 10.1. The number of methoxy groups -OCH3 is 1. The minimum Gasteiger partial charge on any atom is -0.453 e. The second-order valence-electron chi connectivity index (χ2n) is 11.4. The van der Waals surface area contributed by atoms with Crippen molar-refractivity contribution in [3.05, 3.63) is 60.4 Å². The van der Waals surface area contributed by atoms with Crippen molar-refractivity contribution in [3.63, 3.8) is 0 Å². The van der Waals surface area contributed by atoms with E-state index < -0.39 is 12.1 Å². The minimum atomic E-state index is -0.675. The number of rotatable bonds is 11. The van der Waals surface area contributed by atoms with E-state index in [0.717, 1.165) is 54.9 Å². The molecule has 2 aliphatic rings. The van der Waals surface area contributed by atoms with Gasteiger partial charge in [-0.3, -0.25) is 14.6 Å². The van der Waals surface area contributed by atoms with Gasteiger partial charge in [0.2, 0.25) is 11.8 Å². The summed E-state index contributed by atoms with van der Waals surface area (Å²) in [5.74, 6) is 1.41. The number of nitrogens with one attached hydrogen (secondary N) is 3. The van der Waals surface area contributed by atoms with Gasteiger partial charge in [-0.2, -0.15) is 0 Å². The van der Waals surface area contributed by atoms with Crippen LogP contribution in [0, 0.1) is 0 Å². The fourth-order valence-electron chi connectivity index (χ4n) is 6.01.